The summed E-state index contributed by atoms with van der Waals surface area (Å²) < 4.78 is 2.17. The molecule has 1 saturated carbocycles. The minimum Gasteiger partial charge on any atom is -0.316 e. The van der Waals surface area contributed by atoms with Gasteiger partial charge in [-0.05, 0) is 70.5 Å². The van der Waals surface area contributed by atoms with Crippen LogP contribution in [-0.4, -0.2) is 22.9 Å². The fraction of sp³-hybridized carbons (Fsp3) is 0.800. The highest BCUT2D eigenvalue weighted by Crippen LogP contribution is 2.36. The van der Waals surface area contributed by atoms with Crippen LogP contribution in [0.1, 0.15) is 44.5 Å². The molecule has 3 nitrogen and oxygen atoms in total. The van der Waals surface area contributed by atoms with Crippen LogP contribution in [0.3, 0.4) is 0 Å². The second-order valence-corrected chi connectivity index (χ2v) is 5.60. The van der Waals surface area contributed by atoms with Gasteiger partial charge in [0, 0.05) is 12.2 Å². The van der Waals surface area contributed by atoms with Gasteiger partial charge in [-0.15, -0.1) is 0 Å². The predicted molar refractivity (Wildman–Crippen MR) is 75.7 cm³/mol. The summed E-state index contributed by atoms with van der Waals surface area (Å²) in [7, 11) is 0. The Morgan fingerprint density at radius 2 is 2.11 bits per heavy atom. The van der Waals surface area contributed by atoms with Gasteiger partial charge in [-0.25, -0.2) is 0 Å². The maximum Gasteiger partial charge on any atom is 0.0596 e. The van der Waals surface area contributed by atoms with E-state index in [0.717, 1.165) is 30.6 Å². The van der Waals surface area contributed by atoms with Crippen molar-refractivity contribution in [3.8, 4) is 0 Å². The van der Waals surface area contributed by atoms with Crippen molar-refractivity contribution < 1.29 is 0 Å². The zero-order valence-electron chi connectivity index (χ0n) is 12.1. The second kappa shape index (κ2) is 6.37. The Morgan fingerprint density at radius 1 is 1.33 bits per heavy atom. The smallest absolute Gasteiger partial charge is 0.0596 e. The molecule has 0 radical (unpaired) electrons. The molecule has 0 bridgehead atoms. The first-order chi connectivity index (χ1) is 8.74. The fourth-order valence-corrected chi connectivity index (χ4v) is 2.95. The molecular formula is C15H27N3. The molecule has 2 rings (SSSR count). The lowest BCUT2D eigenvalue weighted by molar-refractivity contribution is 0.168. The van der Waals surface area contributed by atoms with E-state index in [-0.39, 0.29) is 0 Å². The van der Waals surface area contributed by atoms with Crippen molar-refractivity contribution in [1.82, 2.24) is 15.1 Å². The normalized spacial score (nSPS) is 23.1. The topological polar surface area (TPSA) is 29.9 Å². The zero-order valence-corrected chi connectivity index (χ0v) is 12.1. The Kier molecular flexibility index (Phi) is 4.81. The molecule has 0 amide bonds. The van der Waals surface area contributed by atoms with Crippen molar-refractivity contribution in [3.63, 3.8) is 0 Å². The molecule has 1 aromatic heterocycles. The first-order valence-electron chi connectivity index (χ1n) is 7.48. The molecule has 18 heavy (non-hydrogen) atoms. The largest absolute Gasteiger partial charge is 0.316 e. The van der Waals surface area contributed by atoms with Crippen LogP contribution in [0.4, 0.5) is 0 Å². The molecule has 2 unspecified atom stereocenters. The maximum absolute atomic E-state index is 4.54. The van der Waals surface area contributed by atoms with E-state index in [1.165, 1.54) is 37.9 Å². The van der Waals surface area contributed by atoms with E-state index in [1.807, 2.05) is 0 Å². The van der Waals surface area contributed by atoms with E-state index >= 15 is 0 Å². The fourth-order valence-electron chi connectivity index (χ4n) is 2.95. The molecule has 1 aliphatic rings. The summed E-state index contributed by atoms with van der Waals surface area (Å²) in [6, 6.07) is 2.26. The number of nitrogens with one attached hydrogen (secondary N) is 1. The molecule has 0 spiro atoms. The number of hydrogen-bond donors (Lipinski definition) is 1. The average molecular weight is 249 g/mol. The van der Waals surface area contributed by atoms with Gasteiger partial charge in [-0.2, -0.15) is 5.10 Å². The highest BCUT2D eigenvalue weighted by Gasteiger charge is 2.31. The molecule has 1 N–H and O–H groups in total. The summed E-state index contributed by atoms with van der Waals surface area (Å²) >= 11 is 0. The van der Waals surface area contributed by atoms with E-state index in [1.54, 1.807) is 0 Å². The van der Waals surface area contributed by atoms with Crippen molar-refractivity contribution in [2.24, 2.45) is 11.8 Å². The van der Waals surface area contributed by atoms with Crippen molar-refractivity contribution >= 4 is 0 Å². The minimum absolute atomic E-state index is 0.871. The summed E-state index contributed by atoms with van der Waals surface area (Å²) in [5, 5.41) is 8.11. The predicted octanol–water partition coefficient (Wildman–Crippen LogP) is 2.78. The first kappa shape index (κ1) is 13.6. The lowest BCUT2D eigenvalue weighted by atomic mass is 9.71. The van der Waals surface area contributed by atoms with Gasteiger partial charge in [0.1, 0.15) is 0 Å². The Morgan fingerprint density at radius 3 is 2.72 bits per heavy atom. The average Bonchev–Trinajstić information content (AvgIpc) is 2.70. The van der Waals surface area contributed by atoms with Crippen LogP contribution >= 0.6 is 0 Å². The van der Waals surface area contributed by atoms with Crippen molar-refractivity contribution in [3.05, 3.63) is 17.5 Å². The van der Waals surface area contributed by atoms with E-state index in [2.05, 4.69) is 41.9 Å². The summed E-state index contributed by atoms with van der Waals surface area (Å²) in [5.74, 6) is 1.76. The van der Waals surface area contributed by atoms with Gasteiger partial charge in [-0.1, -0.05) is 6.92 Å². The Labute approximate surface area is 111 Å². The van der Waals surface area contributed by atoms with Gasteiger partial charge in [0.15, 0.2) is 0 Å². The summed E-state index contributed by atoms with van der Waals surface area (Å²) in [6.45, 7) is 9.86. The molecule has 102 valence electrons. The lowest BCUT2D eigenvalue weighted by Crippen LogP contribution is -2.37. The summed E-state index contributed by atoms with van der Waals surface area (Å²) in [6.07, 6.45) is 5.25. The van der Waals surface area contributed by atoms with E-state index in [0.29, 0.717) is 0 Å². The van der Waals surface area contributed by atoms with Crippen LogP contribution in [0, 0.1) is 18.8 Å². The Bertz CT molecular complexity index is 370. The molecule has 1 aliphatic carbocycles. The third-order valence-electron chi connectivity index (χ3n) is 4.16. The maximum atomic E-state index is 4.54. The molecule has 0 saturated heterocycles. The Hall–Kier alpha value is -0.830. The van der Waals surface area contributed by atoms with Crippen LogP contribution in [0.2, 0.25) is 0 Å². The van der Waals surface area contributed by atoms with Crippen molar-refractivity contribution in [2.45, 2.75) is 53.0 Å². The molecular weight excluding hydrogens is 222 g/mol. The Balaban J connectivity index is 1.85. The second-order valence-electron chi connectivity index (χ2n) is 5.60. The number of rotatable bonds is 7. The van der Waals surface area contributed by atoms with Crippen LogP contribution in [0.15, 0.2) is 6.07 Å². The quantitative estimate of drug-likeness (QED) is 0.753. The summed E-state index contributed by atoms with van der Waals surface area (Å²) in [5.41, 5.74) is 2.59. The number of nitrogens with zero attached hydrogens (tertiary/aromatic N) is 2. The third kappa shape index (κ3) is 3.14. The molecule has 1 fully saturated rings. The minimum atomic E-state index is 0.871. The van der Waals surface area contributed by atoms with Gasteiger partial charge in [0.25, 0.3) is 0 Å². The standard InChI is InChI=1S/C15H27N3/c1-4-8-16-11-14-7-6-13(14)10-15-9-12(3)17-18(15)5-2/h9,13-14,16H,4-8,10-11H2,1-3H3. The molecule has 2 atom stereocenters. The van der Waals surface area contributed by atoms with E-state index in [9.17, 15) is 0 Å². The molecule has 0 aliphatic heterocycles. The monoisotopic (exact) mass is 249 g/mol. The van der Waals surface area contributed by atoms with Gasteiger partial charge < -0.3 is 5.32 Å². The molecule has 1 heterocycles. The van der Waals surface area contributed by atoms with Gasteiger partial charge in [0.05, 0.1) is 5.69 Å². The summed E-state index contributed by atoms with van der Waals surface area (Å²) in [4.78, 5) is 0. The van der Waals surface area contributed by atoms with E-state index < -0.39 is 0 Å². The lowest BCUT2D eigenvalue weighted by Gasteiger charge is -2.37. The van der Waals surface area contributed by atoms with Crippen LogP contribution in [0.25, 0.3) is 0 Å². The van der Waals surface area contributed by atoms with Gasteiger partial charge in [0.2, 0.25) is 0 Å². The van der Waals surface area contributed by atoms with Crippen LogP contribution in [-0.2, 0) is 13.0 Å². The molecule has 1 aromatic rings. The highest BCUT2D eigenvalue weighted by atomic mass is 15.3. The highest BCUT2D eigenvalue weighted by molar-refractivity contribution is 5.10. The number of aryl methyl sites for hydroxylation is 2. The van der Waals surface area contributed by atoms with Crippen molar-refractivity contribution in [1.29, 1.82) is 0 Å². The number of hydrogen-bond acceptors (Lipinski definition) is 2. The van der Waals surface area contributed by atoms with Crippen LogP contribution < -0.4 is 5.32 Å². The zero-order chi connectivity index (χ0) is 13.0. The number of aromatic nitrogens is 2. The van der Waals surface area contributed by atoms with E-state index in [4.69, 9.17) is 0 Å². The van der Waals surface area contributed by atoms with Gasteiger partial charge >= 0.3 is 0 Å². The van der Waals surface area contributed by atoms with Gasteiger partial charge in [-0.3, -0.25) is 4.68 Å². The molecule has 0 aromatic carbocycles. The first-order valence-corrected chi connectivity index (χ1v) is 7.48. The van der Waals surface area contributed by atoms with Crippen molar-refractivity contribution in [2.75, 3.05) is 13.1 Å². The SMILES string of the molecule is CCCNCC1CCC1Cc1cc(C)nn1CC. The third-order valence-corrected chi connectivity index (χ3v) is 4.16. The van der Waals surface area contributed by atoms with Crippen LogP contribution in [0.5, 0.6) is 0 Å². The molecule has 3 heteroatoms.